The molecule has 1 fully saturated rings. The molecule has 5 heteroatoms. The summed E-state index contributed by atoms with van der Waals surface area (Å²) >= 11 is 0. The molecule has 15 heavy (non-hydrogen) atoms. The number of hydrogen-bond acceptors (Lipinski definition) is 5. The fraction of sp³-hybridized carbons (Fsp3) is 1.00. The smallest absolute Gasteiger partial charge is 0.183 e. The van der Waals surface area contributed by atoms with Crippen molar-refractivity contribution in [1.82, 2.24) is 0 Å². The Hall–Kier alpha value is -0.200. The van der Waals surface area contributed by atoms with E-state index in [1.165, 1.54) is 0 Å². The Morgan fingerprint density at radius 2 is 2.13 bits per heavy atom. The number of aliphatic hydroxyl groups is 2. The van der Waals surface area contributed by atoms with Gasteiger partial charge >= 0.3 is 0 Å². The topological polar surface area (TPSA) is 68.2 Å². The molecule has 4 unspecified atom stereocenters. The van der Waals surface area contributed by atoms with Gasteiger partial charge in [0.15, 0.2) is 6.29 Å². The lowest BCUT2D eigenvalue weighted by atomic mass is 10.0. The molecule has 0 amide bonds. The van der Waals surface area contributed by atoms with Crippen LogP contribution in [-0.4, -0.2) is 55.1 Å². The van der Waals surface area contributed by atoms with E-state index in [2.05, 4.69) is 0 Å². The van der Waals surface area contributed by atoms with Gasteiger partial charge in [-0.25, -0.2) is 0 Å². The number of ether oxygens (including phenoxy) is 3. The second-order valence-electron chi connectivity index (χ2n) is 4.07. The van der Waals surface area contributed by atoms with Gasteiger partial charge < -0.3 is 24.4 Å². The van der Waals surface area contributed by atoms with E-state index < -0.39 is 18.5 Å². The van der Waals surface area contributed by atoms with Crippen LogP contribution in [0.25, 0.3) is 0 Å². The lowest BCUT2D eigenvalue weighted by Gasteiger charge is -2.39. The summed E-state index contributed by atoms with van der Waals surface area (Å²) in [5, 5.41) is 18.3. The first-order chi connectivity index (χ1) is 7.10. The molecule has 1 rings (SSSR count). The lowest BCUT2D eigenvalue weighted by Crippen LogP contribution is -2.51. The van der Waals surface area contributed by atoms with Gasteiger partial charge in [-0.1, -0.05) is 13.8 Å². The van der Waals surface area contributed by atoms with Crippen LogP contribution in [0, 0.1) is 5.92 Å². The fourth-order valence-corrected chi connectivity index (χ4v) is 1.58. The zero-order valence-electron chi connectivity index (χ0n) is 9.42. The van der Waals surface area contributed by atoms with Gasteiger partial charge in [-0.2, -0.15) is 0 Å². The summed E-state index contributed by atoms with van der Waals surface area (Å²) in [7, 11) is 1.56. The molecule has 4 atom stereocenters. The molecule has 1 saturated heterocycles. The van der Waals surface area contributed by atoms with Crippen molar-refractivity contribution in [2.75, 3.05) is 20.3 Å². The lowest BCUT2D eigenvalue weighted by molar-refractivity contribution is -0.287. The maximum Gasteiger partial charge on any atom is 0.183 e. The van der Waals surface area contributed by atoms with Crippen LogP contribution in [0.1, 0.15) is 13.8 Å². The summed E-state index contributed by atoms with van der Waals surface area (Å²) in [5.74, 6) is 0.226. The molecule has 1 aliphatic rings. The van der Waals surface area contributed by atoms with E-state index in [0.717, 1.165) is 0 Å². The first-order valence-corrected chi connectivity index (χ1v) is 5.19. The third kappa shape index (κ3) is 3.12. The molecule has 0 bridgehead atoms. The highest BCUT2D eigenvalue weighted by Gasteiger charge is 2.36. The zero-order valence-corrected chi connectivity index (χ0v) is 9.42. The highest BCUT2D eigenvalue weighted by atomic mass is 16.7. The molecule has 1 heterocycles. The van der Waals surface area contributed by atoms with E-state index in [1.807, 2.05) is 13.8 Å². The summed E-state index contributed by atoms with van der Waals surface area (Å²) in [4.78, 5) is 0. The van der Waals surface area contributed by atoms with E-state index in [0.29, 0.717) is 0 Å². The quantitative estimate of drug-likeness (QED) is 0.684. The van der Waals surface area contributed by atoms with Crippen molar-refractivity contribution in [2.24, 2.45) is 5.92 Å². The average molecular weight is 220 g/mol. The molecule has 2 N–H and O–H groups in total. The summed E-state index contributed by atoms with van der Waals surface area (Å²) in [6.45, 7) is 3.90. The number of hydrogen-bond donors (Lipinski definition) is 2. The van der Waals surface area contributed by atoms with Crippen LogP contribution in [0.2, 0.25) is 0 Å². The summed E-state index contributed by atoms with van der Waals surface area (Å²) in [6.07, 6.45) is -1.99. The number of methoxy groups -OCH3 is 1. The van der Waals surface area contributed by atoms with Crippen molar-refractivity contribution in [3.63, 3.8) is 0 Å². The Kier molecular flexibility index (Phi) is 4.95. The molecule has 0 spiro atoms. The maximum absolute atomic E-state index is 9.45. The minimum absolute atomic E-state index is 0.213. The van der Waals surface area contributed by atoms with Gasteiger partial charge in [-0.3, -0.25) is 0 Å². The third-order valence-corrected chi connectivity index (χ3v) is 2.53. The van der Waals surface area contributed by atoms with Gasteiger partial charge in [0.2, 0.25) is 0 Å². The molecule has 5 nitrogen and oxygen atoms in total. The Morgan fingerprint density at radius 3 is 2.60 bits per heavy atom. The molecular weight excluding hydrogens is 200 g/mol. The van der Waals surface area contributed by atoms with Crippen LogP contribution >= 0.6 is 0 Å². The van der Waals surface area contributed by atoms with E-state index in [4.69, 9.17) is 19.3 Å². The van der Waals surface area contributed by atoms with Crippen molar-refractivity contribution in [1.29, 1.82) is 0 Å². The Bertz CT molecular complexity index is 185. The van der Waals surface area contributed by atoms with Gasteiger partial charge in [-0.15, -0.1) is 0 Å². The molecule has 1 aliphatic heterocycles. The van der Waals surface area contributed by atoms with Crippen LogP contribution < -0.4 is 0 Å². The van der Waals surface area contributed by atoms with Crippen LogP contribution in [0.15, 0.2) is 0 Å². The van der Waals surface area contributed by atoms with Crippen LogP contribution in [0.4, 0.5) is 0 Å². The Balaban J connectivity index is 2.57. The average Bonchev–Trinajstić information content (AvgIpc) is 2.27. The van der Waals surface area contributed by atoms with Crippen LogP contribution in [-0.2, 0) is 14.2 Å². The molecule has 0 aliphatic carbocycles. The van der Waals surface area contributed by atoms with Crippen molar-refractivity contribution in [3.05, 3.63) is 0 Å². The molecule has 0 aromatic heterocycles. The van der Waals surface area contributed by atoms with E-state index in [1.54, 1.807) is 7.11 Å². The van der Waals surface area contributed by atoms with E-state index >= 15 is 0 Å². The van der Waals surface area contributed by atoms with Gasteiger partial charge in [-0.05, 0) is 5.92 Å². The Labute approximate surface area is 89.9 Å². The Morgan fingerprint density at radius 1 is 1.47 bits per heavy atom. The van der Waals surface area contributed by atoms with E-state index in [-0.39, 0.29) is 25.2 Å². The maximum atomic E-state index is 9.45. The highest BCUT2D eigenvalue weighted by molar-refractivity contribution is 4.78. The van der Waals surface area contributed by atoms with Gasteiger partial charge in [0.1, 0.15) is 18.3 Å². The van der Waals surface area contributed by atoms with Gasteiger partial charge in [0.05, 0.1) is 13.2 Å². The number of aliphatic hydroxyl groups excluding tert-OH is 2. The summed E-state index contributed by atoms with van der Waals surface area (Å²) in [5.41, 5.74) is 0. The summed E-state index contributed by atoms with van der Waals surface area (Å²) in [6, 6.07) is 0. The van der Waals surface area contributed by atoms with Crippen molar-refractivity contribution in [3.8, 4) is 0 Å². The minimum atomic E-state index is -0.899. The SMILES string of the molecule is COC1OCC(C(O)CO)OC1C(C)C. The standard InChI is InChI=1S/C10H20O5/c1-6(2)9-10(13-3)14-5-8(15-9)7(12)4-11/h6-12H,4-5H2,1-3H3. The predicted octanol–water partition coefficient (Wildman–Crippen LogP) is -0.248. The van der Waals surface area contributed by atoms with Crippen LogP contribution in [0.5, 0.6) is 0 Å². The molecule has 0 aromatic carbocycles. The molecular formula is C10H20O5. The monoisotopic (exact) mass is 220 g/mol. The second kappa shape index (κ2) is 5.77. The van der Waals surface area contributed by atoms with Crippen LogP contribution in [0.3, 0.4) is 0 Å². The van der Waals surface area contributed by atoms with Crippen molar-refractivity contribution < 1.29 is 24.4 Å². The minimum Gasteiger partial charge on any atom is -0.394 e. The summed E-state index contributed by atoms with van der Waals surface area (Å²) < 4.78 is 16.2. The fourth-order valence-electron chi connectivity index (χ4n) is 1.58. The molecule has 90 valence electrons. The first-order valence-electron chi connectivity index (χ1n) is 5.19. The highest BCUT2D eigenvalue weighted by Crippen LogP contribution is 2.23. The van der Waals surface area contributed by atoms with Crippen molar-refractivity contribution >= 4 is 0 Å². The predicted molar refractivity (Wildman–Crippen MR) is 53.3 cm³/mol. The molecule has 0 saturated carbocycles. The van der Waals surface area contributed by atoms with Gasteiger partial charge in [0.25, 0.3) is 0 Å². The second-order valence-corrected chi connectivity index (χ2v) is 4.07. The largest absolute Gasteiger partial charge is 0.394 e. The normalized spacial score (nSPS) is 34.4. The van der Waals surface area contributed by atoms with E-state index in [9.17, 15) is 5.11 Å². The molecule has 0 aromatic rings. The zero-order chi connectivity index (χ0) is 11.4. The molecule has 0 radical (unpaired) electrons. The third-order valence-electron chi connectivity index (χ3n) is 2.53. The van der Waals surface area contributed by atoms with Gasteiger partial charge in [0, 0.05) is 7.11 Å². The number of rotatable bonds is 4. The van der Waals surface area contributed by atoms with Crippen molar-refractivity contribution in [2.45, 2.75) is 38.4 Å². The first kappa shape index (κ1) is 12.9.